The third-order valence-corrected chi connectivity index (χ3v) is 3.95. The van der Waals surface area contributed by atoms with E-state index in [1.165, 1.54) is 5.69 Å². The molecule has 6 heteroatoms. The molecule has 2 rings (SSSR count). The van der Waals surface area contributed by atoms with Gasteiger partial charge in [-0.15, -0.1) is 24.0 Å². The van der Waals surface area contributed by atoms with Crippen LogP contribution in [0.15, 0.2) is 24.3 Å². The van der Waals surface area contributed by atoms with Gasteiger partial charge in [-0.25, -0.2) is 5.32 Å². The molecule has 1 aliphatic heterocycles. The van der Waals surface area contributed by atoms with Crippen LogP contribution >= 0.6 is 35.7 Å². The summed E-state index contributed by atoms with van der Waals surface area (Å²) in [7, 11) is 4.10. The Bertz CT molecular complexity index is 457. The molecule has 0 saturated carbocycles. The number of morpholine rings is 1. The lowest BCUT2D eigenvalue weighted by molar-refractivity contribution is -0.461. The van der Waals surface area contributed by atoms with Crippen LogP contribution in [0.4, 0.5) is 11.4 Å². The first-order valence-corrected chi connectivity index (χ1v) is 7.72. The molecule has 0 spiro atoms. The van der Waals surface area contributed by atoms with Crippen LogP contribution < -0.4 is 10.2 Å². The van der Waals surface area contributed by atoms with Crippen LogP contribution in [0.2, 0.25) is 0 Å². The molecule has 0 atom stereocenters. The van der Waals surface area contributed by atoms with Crippen LogP contribution in [-0.2, 0) is 4.74 Å². The number of ether oxygens (including phenoxy) is 1. The topological polar surface area (TPSA) is 27.5 Å². The Morgan fingerprint density at radius 3 is 2.50 bits per heavy atom. The van der Waals surface area contributed by atoms with E-state index in [-0.39, 0.29) is 24.0 Å². The molecular formula is C14H23IN3OS+. The van der Waals surface area contributed by atoms with E-state index in [9.17, 15) is 0 Å². The average molecular weight is 408 g/mol. The molecule has 0 bridgehead atoms. The first-order chi connectivity index (χ1) is 9.22. The Morgan fingerprint density at radius 2 is 1.90 bits per heavy atom. The van der Waals surface area contributed by atoms with Crippen LogP contribution in [0.1, 0.15) is 0 Å². The van der Waals surface area contributed by atoms with Gasteiger partial charge < -0.3 is 9.64 Å². The molecular weight excluding hydrogens is 385 g/mol. The summed E-state index contributed by atoms with van der Waals surface area (Å²) in [5.41, 5.74) is 2.40. The lowest BCUT2D eigenvalue weighted by Crippen LogP contribution is -2.36. The predicted molar refractivity (Wildman–Crippen MR) is 99.1 cm³/mol. The Kier molecular flexibility index (Phi) is 7.68. The summed E-state index contributed by atoms with van der Waals surface area (Å²) >= 11 is 1.72. The van der Waals surface area contributed by atoms with E-state index >= 15 is 0 Å². The SMILES string of the molecule is CSC(Nc1ccccc1N1CCOCC1)=[N+](C)C.I. The first-order valence-electron chi connectivity index (χ1n) is 6.49. The number of amidine groups is 1. The highest BCUT2D eigenvalue weighted by Gasteiger charge is 2.18. The van der Waals surface area contributed by atoms with Gasteiger partial charge in [0.25, 0.3) is 0 Å². The number of benzene rings is 1. The second kappa shape index (κ2) is 8.74. The molecule has 0 radical (unpaired) electrons. The van der Waals surface area contributed by atoms with E-state index in [1.54, 1.807) is 11.8 Å². The van der Waals surface area contributed by atoms with Gasteiger partial charge in [-0.3, -0.25) is 4.58 Å². The number of hydrogen-bond donors (Lipinski definition) is 1. The summed E-state index contributed by atoms with van der Waals surface area (Å²) in [5.74, 6) is 0. The fourth-order valence-corrected chi connectivity index (χ4v) is 2.70. The van der Waals surface area contributed by atoms with Crippen molar-refractivity contribution in [3.8, 4) is 0 Å². The first kappa shape index (κ1) is 17.6. The molecule has 0 unspecified atom stereocenters. The standard InChI is InChI=1S/C14H21N3OS.HI/c1-16(2)14(19-3)15-12-6-4-5-7-13(12)17-8-10-18-11-9-17;/h4-7H,8-11H2,1-3H3;1H/p+1. The molecule has 0 amide bonds. The van der Waals surface area contributed by atoms with Gasteiger partial charge in [0.2, 0.25) is 0 Å². The molecule has 4 nitrogen and oxygen atoms in total. The van der Waals surface area contributed by atoms with Crippen molar-refractivity contribution in [2.24, 2.45) is 0 Å². The highest BCUT2D eigenvalue weighted by molar-refractivity contribution is 14.0. The second-order valence-electron chi connectivity index (χ2n) is 4.65. The normalized spacial score (nSPS) is 14.4. The smallest absolute Gasteiger partial charge is 0.310 e. The molecule has 0 aromatic heterocycles. The lowest BCUT2D eigenvalue weighted by Gasteiger charge is -2.29. The third-order valence-electron chi connectivity index (χ3n) is 3.10. The summed E-state index contributed by atoms with van der Waals surface area (Å²) in [6.45, 7) is 3.52. The molecule has 1 aromatic carbocycles. The van der Waals surface area contributed by atoms with Crippen molar-refractivity contribution >= 4 is 52.3 Å². The summed E-state index contributed by atoms with van der Waals surface area (Å²) < 4.78 is 7.52. The number of anilines is 2. The van der Waals surface area contributed by atoms with Gasteiger partial charge in [-0.2, -0.15) is 0 Å². The van der Waals surface area contributed by atoms with Crippen LogP contribution in [0.3, 0.4) is 0 Å². The maximum atomic E-state index is 5.42. The molecule has 20 heavy (non-hydrogen) atoms. The second-order valence-corrected chi connectivity index (χ2v) is 5.44. The van der Waals surface area contributed by atoms with E-state index in [0.717, 1.165) is 37.2 Å². The summed E-state index contributed by atoms with van der Waals surface area (Å²) in [6, 6.07) is 8.45. The van der Waals surface area contributed by atoms with Crippen molar-refractivity contribution in [3.05, 3.63) is 24.3 Å². The van der Waals surface area contributed by atoms with E-state index in [0.29, 0.717) is 0 Å². The van der Waals surface area contributed by atoms with Gasteiger partial charge in [0.15, 0.2) is 0 Å². The van der Waals surface area contributed by atoms with Crippen molar-refractivity contribution < 1.29 is 9.31 Å². The van der Waals surface area contributed by atoms with Crippen LogP contribution in [-0.4, -0.2) is 56.4 Å². The maximum Gasteiger partial charge on any atom is 0.310 e. The minimum atomic E-state index is 0. The van der Waals surface area contributed by atoms with Crippen molar-refractivity contribution in [1.82, 2.24) is 0 Å². The number of thioether (sulfide) groups is 1. The number of halogens is 1. The van der Waals surface area contributed by atoms with E-state index in [4.69, 9.17) is 4.74 Å². The zero-order valence-electron chi connectivity index (χ0n) is 12.3. The Labute approximate surface area is 142 Å². The molecule has 1 aliphatic rings. The zero-order valence-corrected chi connectivity index (χ0v) is 15.4. The molecule has 1 fully saturated rings. The van der Waals surface area contributed by atoms with Crippen molar-refractivity contribution in [1.29, 1.82) is 0 Å². The van der Waals surface area contributed by atoms with Gasteiger partial charge in [0.1, 0.15) is 5.69 Å². The van der Waals surface area contributed by atoms with Gasteiger partial charge in [-0.05, 0) is 30.2 Å². The molecule has 1 N–H and O–H groups in total. The Hall–Kier alpha value is -0.470. The highest BCUT2D eigenvalue weighted by atomic mass is 127. The number of hydrogen-bond acceptors (Lipinski definition) is 3. The monoisotopic (exact) mass is 408 g/mol. The summed E-state index contributed by atoms with van der Waals surface area (Å²) in [4.78, 5) is 2.37. The largest absolute Gasteiger partial charge is 0.378 e. The summed E-state index contributed by atoms with van der Waals surface area (Å²) in [6.07, 6.45) is 2.08. The van der Waals surface area contributed by atoms with E-state index in [2.05, 4.69) is 59.4 Å². The third kappa shape index (κ3) is 4.53. The van der Waals surface area contributed by atoms with Gasteiger partial charge >= 0.3 is 5.17 Å². The number of nitrogens with zero attached hydrogens (tertiary/aromatic N) is 2. The molecule has 1 aromatic rings. The fraction of sp³-hybridized carbons (Fsp3) is 0.500. The fourth-order valence-electron chi connectivity index (χ4n) is 2.12. The minimum Gasteiger partial charge on any atom is -0.378 e. The molecule has 112 valence electrons. The van der Waals surface area contributed by atoms with Gasteiger partial charge in [-0.1, -0.05) is 12.1 Å². The predicted octanol–water partition coefficient (Wildman–Crippen LogP) is 2.54. The molecule has 1 saturated heterocycles. The molecule has 1 heterocycles. The number of para-hydroxylation sites is 2. The van der Waals surface area contributed by atoms with E-state index < -0.39 is 0 Å². The Morgan fingerprint density at radius 1 is 1.25 bits per heavy atom. The number of rotatable bonds is 2. The quantitative estimate of drug-likeness (QED) is 0.352. The van der Waals surface area contributed by atoms with E-state index in [1.807, 2.05) is 0 Å². The molecule has 0 aliphatic carbocycles. The highest BCUT2D eigenvalue weighted by Crippen LogP contribution is 2.27. The maximum absolute atomic E-state index is 5.42. The summed E-state index contributed by atoms with van der Waals surface area (Å²) in [5, 5.41) is 4.66. The van der Waals surface area contributed by atoms with Crippen molar-refractivity contribution in [2.75, 3.05) is 56.9 Å². The van der Waals surface area contributed by atoms with Crippen LogP contribution in [0.25, 0.3) is 0 Å². The minimum absolute atomic E-state index is 0. The number of nitrogens with one attached hydrogen (secondary N) is 1. The lowest BCUT2D eigenvalue weighted by atomic mass is 10.2. The van der Waals surface area contributed by atoms with Crippen molar-refractivity contribution in [2.45, 2.75) is 0 Å². The van der Waals surface area contributed by atoms with Crippen LogP contribution in [0.5, 0.6) is 0 Å². The van der Waals surface area contributed by atoms with Crippen LogP contribution in [0, 0.1) is 0 Å². The van der Waals surface area contributed by atoms with Gasteiger partial charge in [0.05, 0.1) is 33.0 Å². The van der Waals surface area contributed by atoms with Gasteiger partial charge in [0, 0.05) is 13.1 Å². The Balaban J connectivity index is 0.00000200. The average Bonchev–Trinajstić information content (AvgIpc) is 2.45. The van der Waals surface area contributed by atoms with Crippen molar-refractivity contribution in [3.63, 3.8) is 0 Å². The zero-order chi connectivity index (χ0) is 13.7.